The lowest BCUT2D eigenvalue weighted by atomic mass is 10.2. The van der Waals surface area contributed by atoms with Crippen LogP contribution in [0.15, 0.2) is 83.5 Å². The van der Waals surface area contributed by atoms with E-state index < -0.39 is 16.1 Å². The molecule has 136 valence electrons. The lowest BCUT2D eigenvalue weighted by molar-refractivity contribution is 0.122. The molecule has 0 amide bonds. The zero-order chi connectivity index (χ0) is 18.4. The van der Waals surface area contributed by atoms with Crippen LogP contribution >= 0.6 is 0 Å². The number of furan rings is 1. The molecule has 1 heterocycles. The number of sulfonamides is 1. The number of benzene rings is 2. The highest BCUT2D eigenvalue weighted by atomic mass is 32.2. The van der Waals surface area contributed by atoms with Gasteiger partial charge in [-0.1, -0.05) is 60.7 Å². The molecule has 5 nitrogen and oxygen atoms in total. The summed E-state index contributed by atoms with van der Waals surface area (Å²) in [7, 11) is -3.63. The Kier molecular flexibility index (Phi) is 5.88. The Morgan fingerprint density at radius 1 is 0.885 bits per heavy atom. The summed E-state index contributed by atoms with van der Waals surface area (Å²) in [4.78, 5) is 0. The summed E-state index contributed by atoms with van der Waals surface area (Å²) in [6.45, 7) is 0.116. The Morgan fingerprint density at radius 3 is 2.08 bits per heavy atom. The predicted molar refractivity (Wildman–Crippen MR) is 99.6 cm³/mol. The van der Waals surface area contributed by atoms with Crippen LogP contribution in [-0.4, -0.2) is 24.4 Å². The second-order valence-corrected chi connectivity index (χ2v) is 8.02. The first kappa shape index (κ1) is 18.4. The maximum atomic E-state index is 13.0. The monoisotopic (exact) mass is 371 g/mol. The number of hydrogen-bond acceptors (Lipinski definition) is 4. The molecule has 1 N–H and O–H groups in total. The van der Waals surface area contributed by atoms with E-state index >= 15 is 0 Å². The molecular weight excluding hydrogens is 350 g/mol. The Labute approximate surface area is 153 Å². The van der Waals surface area contributed by atoms with Crippen LogP contribution < -0.4 is 0 Å². The Hall–Kier alpha value is -2.41. The number of nitrogens with zero attached hydrogens (tertiary/aromatic N) is 1. The van der Waals surface area contributed by atoms with Crippen LogP contribution in [0.3, 0.4) is 0 Å². The molecule has 0 unspecified atom stereocenters. The molecule has 3 aromatic rings. The van der Waals surface area contributed by atoms with Crippen molar-refractivity contribution in [3.8, 4) is 0 Å². The van der Waals surface area contributed by atoms with Gasteiger partial charge in [-0.2, -0.15) is 4.31 Å². The highest BCUT2D eigenvalue weighted by Crippen LogP contribution is 2.21. The normalized spacial score (nSPS) is 13.0. The molecule has 3 rings (SSSR count). The van der Waals surface area contributed by atoms with E-state index in [-0.39, 0.29) is 18.8 Å². The third-order valence-corrected chi connectivity index (χ3v) is 5.80. The van der Waals surface area contributed by atoms with Gasteiger partial charge in [0, 0.05) is 13.1 Å². The molecular formula is C20H21NO4S. The molecule has 26 heavy (non-hydrogen) atoms. The van der Waals surface area contributed by atoms with Gasteiger partial charge in [-0.25, -0.2) is 8.42 Å². The van der Waals surface area contributed by atoms with Crippen molar-refractivity contribution in [3.63, 3.8) is 0 Å². The van der Waals surface area contributed by atoms with E-state index in [1.165, 1.54) is 10.6 Å². The summed E-state index contributed by atoms with van der Waals surface area (Å²) in [5.74, 6) is 0.226. The quantitative estimate of drug-likeness (QED) is 0.659. The smallest absolute Gasteiger partial charge is 0.218 e. The van der Waals surface area contributed by atoms with Gasteiger partial charge in [-0.05, 0) is 23.3 Å². The molecule has 1 aromatic heterocycles. The van der Waals surface area contributed by atoms with Gasteiger partial charge in [0.1, 0.15) is 11.9 Å². The van der Waals surface area contributed by atoms with Crippen molar-refractivity contribution >= 4 is 10.0 Å². The zero-order valence-electron chi connectivity index (χ0n) is 14.2. The highest BCUT2D eigenvalue weighted by molar-refractivity contribution is 7.88. The third kappa shape index (κ3) is 4.82. The number of rotatable bonds is 8. The van der Waals surface area contributed by atoms with Crippen molar-refractivity contribution in [2.45, 2.75) is 18.4 Å². The Balaban J connectivity index is 1.83. The van der Waals surface area contributed by atoms with Gasteiger partial charge in [0.2, 0.25) is 10.0 Å². The Morgan fingerprint density at radius 2 is 1.50 bits per heavy atom. The molecule has 0 saturated carbocycles. The molecule has 0 aliphatic rings. The molecule has 0 saturated heterocycles. The summed E-state index contributed by atoms with van der Waals surface area (Å²) >= 11 is 0. The fraction of sp³-hybridized carbons (Fsp3) is 0.200. The van der Waals surface area contributed by atoms with E-state index in [1.807, 2.05) is 48.5 Å². The van der Waals surface area contributed by atoms with Crippen molar-refractivity contribution in [2.24, 2.45) is 0 Å². The molecule has 0 bridgehead atoms. The average molecular weight is 371 g/mol. The third-order valence-electron chi connectivity index (χ3n) is 4.04. The first-order valence-electron chi connectivity index (χ1n) is 8.32. The molecule has 6 heteroatoms. The summed E-state index contributed by atoms with van der Waals surface area (Å²) in [5.41, 5.74) is 1.56. The van der Waals surface area contributed by atoms with Gasteiger partial charge >= 0.3 is 0 Å². The minimum absolute atomic E-state index is 0.0719. The summed E-state index contributed by atoms with van der Waals surface area (Å²) < 4.78 is 32.5. The van der Waals surface area contributed by atoms with Gasteiger partial charge in [0.25, 0.3) is 0 Å². The van der Waals surface area contributed by atoms with Gasteiger partial charge in [-0.15, -0.1) is 0 Å². The summed E-state index contributed by atoms with van der Waals surface area (Å²) in [6.07, 6.45) is 0.428. The molecule has 1 atom stereocenters. The van der Waals surface area contributed by atoms with Crippen LogP contribution in [0.1, 0.15) is 23.0 Å². The average Bonchev–Trinajstić information content (AvgIpc) is 3.17. The van der Waals surface area contributed by atoms with Gasteiger partial charge < -0.3 is 9.52 Å². The SMILES string of the molecule is O=S(=O)(Cc1ccccc1)N(Cc1ccccc1)C[C@@H](O)c1ccco1. The molecule has 2 aromatic carbocycles. The topological polar surface area (TPSA) is 70.8 Å². The van der Waals surface area contributed by atoms with E-state index in [1.54, 1.807) is 24.3 Å². The van der Waals surface area contributed by atoms with Crippen LogP contribution in [0.5, 0.6) is 0 Å². The van der Waals surface area contributed by atoms with Crippen LogP contribution in [0, 0.1) is 0 Å². The maximum Gasteiger partial charge on any atom is 0.218 e. The van der Waals surface area contributed by atoms with Crippen LogP contribution in [0.25, 0.3) is 0 Å². The first-order valence-corrected chi connectivity index (χ1v) is 9.92. The van der Waals surface area contributed by atoms with Crippen LogP contribution in [0.2, 0.25) is 0 Å². The standard InChI is InChI=1S/C20H21NO4S/c22-19(20-12-7-13-25-20)15-21(14-17-8-3-1-4-9-17)26(23,24)16-18-10-5-2-6-11-18/h1-13,19,22H,14-16H2/t19-/m1/s1. The minimum Gasteiger partial charge on any atom is -0.467 e. The van der Waals surface area contributed by atoms with Gasteiger partial charge in [0.15, 0.2) is 0 Å². The molecule has 0 fully saturated rings. The van der Waals surface area contributed by atoms with Crippen molar-refractivity contribution in [1.82, 2.24) is 4.31 Å². The molecule has 0 radical (unpaired) electrons. The fourth-order valence-electron chi connectivity index (χ4n) is 2.70. The highest BCUT2D eigenvalue weighted by Gasteiger charge is 2.26. The molecule has 0 spiro atoms. The molecule has 0 aliphatic heterocycles. The predicted octanol–water partition coefficient (Wildman–Crippen LogP) is 3.35. The molecule has 0 aliphatic carbocycles. The first-order chi connectivity index (χ1) is 12.5. The number of aliphatic hydroxyl groups excluding tert-OH is 1. The van der Waals surface area contributed by atoms with Crippen LogP contribution in [-0.2, 0) is 22.3 Å². The van der Waals surface area contributed by atoms with Gasteiger partial charge in [-0.3, -0.25) is 0 Å². The van der Waals surface area contributed by atoms with Crippen molar-refractivity contribution in [1.29, 1.82) is 0 Å². The van der Waals surface area contributed by atoms with Crippen LogP contribution in [0.4, 0.5) is 0 Å². The number of hydrogen-bond donors (Lipinski definition) is 1. The van der Waals surface area contributed by atoms with Crippen molar-refractivity contribution in [2.75, 3.05) is 6.54 Å². The van der Waals surface area contributed by atoms with E-state index in [0.717, 1.165) is 5.56 Å². The van der Waals surface area contributed by atoms with E-state index in [4.69, 9.17) is 4.42 Å². The van der Waals surface area contributed by atoms with Crippen molar-refractivity contribution in [3.05, 3.63) is 95.9 Å². The van der Waals surface area contributed by atoms with E-state index in [2.05, 4.69) is 0 Å². The second-order valence-electron chi connectivity index (χ2n) is 6.05. The van der Waals surface area contributed by atoms with E-state index in [9.17, 15) is 13.5 Å². The summed E-state index contributed by atoms with van der Waals surface area (Å²) in [6, 6.07) is 21.7. The maximum absolute atomic E-state index is 13.0. The lowest BCUT2D eigenvalue weighted by Gasteiger charge is -2.24. The summed E-state index contributed by atoms with van der Waals surface area (Å²) in [5, 5.41) is 10.4. The van der Waals surface area contributed by atoms with Gasteiger partial charge in [0.05, 0.1) is 12.0 Å². The fourth-order valence-corrected chi connectivity index (χ4v) is 4.21. The van der Waals surface area contributed by atoms with E-state index in [0.29, 0.717) is 11.3 Å². The largest absolute Gasteiger partial charge is 0.467 e. The van der Waals surface area contributed by atoms with Crippen molar-refractivity contribution < 1.29 is 17.9 Å². The minimum atomic E-state index is -3.63. The number of aliphatic hydroxyl groups is 1. The zero-order valence-corrected chi connectivity index (χ0v) is 15.0. The Bertz CT molecular complexity index is 894. The lowest BCUT2D eigenvalue weighted by Crippen LogP contribution is -2.35. The second kappa shape index (κ2) is 8.31.